The number of carbonyl (C=O) groups excluding carboxylic acids is 1. The van der Waals surface area contributed by atoms with Gasteiger partial charge in [-0.05, 0) is 43.2 Å². The fourth-order valence-corrected chi connectivity index (χ4v) is 3.45. The number of urea groups is 1. The average molecular weight is 441 g/mol. The van der Waals surface area contributed by atoms with E-state index in [0.29, 0.717) is 55.1 Å². The lowest BCUT2D eigenvalue weighted by Gasteiger charge is -2.31. The van der Waals surface area contributed by atoms with Crippen molar-refractivity contribution in [3.8, 4) is 17.3 Å². The normalized spacial score (nSPS) is 16.1. The van der Waals surface area contributed by atoms with Gasteiger partial charge in [-0.2, -0.15) is 4.98 Å². The molecule has 3 aromatic rings. The Morgan fingerprint density at radius 2 is 2.09 bits per heavy atom. The highest BCUT2D eigenvalue weighted by molar-refractivity contribution is 5.89. The van der Waals surface area contributed by atoms with Crippen molar-refractivity contribution in [2.75, 3.05) is 38.7 Å². The van der Waals surface area contributed by atoms with Crippen molar-refractivity contribution >= 4 is 11.7 Å². The van der Waals surface area contributed by atoms with E-state index in [2.05, 4.69) is 20.4 Å². The van der Waals surface area contributed by atoms with Crippen LogP contribution < -0.4 is 10.1 Å². The molecule has 0 saturated carbocycles. The smallest absolute Gasteiger partial charge is 0.321 e. The zero-order valence-electron chi connectivity index (χ0n) is 17.7. The Hall–Kier alpha value is -3.53. The molecule has 0 spiro atoms. The summed E-state index contributed by atoms with van der Waals surface area (Å²) >= 11 is 0. The van der Waals surface area contributed by atoms with Crippen LogP contribution in [0.4, 0.5) is 14.9 Å². The summed E-state index contributed by atoms with van der Waals surface area (Å²) in [6.07, 6.45) is 3.20. The fourth-order valence-electron chi connectivity index (χ4n) is 3.45. The zero-order valence-corrected chi connectivity index (χ0v) is 17.7. The molecule has 0 bridgehead atoms. The van der Waals surface area contributed by atoms with Gasteiger partial charge in [-0.1, -0.05) is 5.16 Å². The Kier molecular flexibility index (Phi) is 6.90. The van der Waals surface area contributed by atoms with Crippen LogP contribution in [0.3, 0.4) is 0 Å². The molecule has 2 amide bonds. The summed E-state index contributed by atoms with van der Waals surface area (Å²) in [6.45, 7) is 1.97. The van der Waals surface area contributed by atoms with Gasteiger partial charge in [0.25, 0.3) is 0 Å². The van der Waals surface area contributed by atoms with Crippen molar-refractivity contribution < 1.29 is 23.2 Å². The Morgan fingerprint density at radius 1 is 1.25 bits per heavy atom. The second-order valence-electron chi connectivity index (χ2n) is 7.40. The highest BCUT2D eigenvalue weighted by Gasteiger charge is 2.29. The molecule has 4 rings (SSSR count). The molecule has 32 heavy (non-hydrogen) atoms. The summed E-state index contributed by atoms with van der Waals surface area (Å²) in [5.41, 5.74) is 1.25. The van der Waals surface area contributed by atoms with Gasteiger partial charge in [0, 0.05) is 31.8 Å². The van der Waals surface area contributed by atoms with Crippen LogP contribution in [-0.4, -0.2) is 59.5 Å². The lowest BCUT2D eigenvalue weighted by atomic mass is 9.98. The summed E-state index contributed by atoms with van der Waals surface area (Å²) < 4.78 is 28.9. The van der Waals surface area contributed by atoms with Gasteiger partial charge in [-0.15, -0.1) is 0 Å². The van der Waals surface area contributed by atoms with E-state index in [-0.39, 0.29) is 17.8 Å². The molecule has 1 aliphatic heterocycles. The number of piperidine rings is 1. The number of nitrogens with zero attached hydrogens (tertiary/aromatic N) is 4. The van der Waals surface area contributed by atoms with Crippen LogP contribution in [0.1, 0.15) is 24.7 Å². The standard InChI is InChI=1S/C22H24FN5O4/c1-30-11-12-31-19-9-8-18(13-24-19)25-22(29)28-10-2-3-16(14-28)21-26-20(27-32-21)15-4-6-17(23)7-5-15/h4-9,13,16H,2-3,10-12,14H2,1H3,(H,25,29). The maximum Gasteiger partial charge on any atom is 0.321 e. The number of amides is 2. The van der Waals surface area contributed by atoms with Crippen molar-refractivity contribution in [3.05, 3.63) is 54.3 Å². The molecule has 1 aliphatic rings. The molecule has 2 aromatic heterocycles. The number of pyridine rings is 1. The number of carbonyl (C=O) groups is 1. The van der Waals surface area contributed by atoms with Crippen molar-refractivity contribution in [2.24, 2.45) is 0 Å². The van der Waals surface area contributed by atoms with E-state index in [9.17, 15) is 9.18 Å². The van der Waals surface area contributed by atoms with E-state index >= 15 is 0 Å². The summed E-state index contributed by atoms with van der Waals surface area (Å²) in [5, 5.41) is 6.86. The van der Waals surface area contributed by atoms with Crippen LogP contribution in [0, 0.1) is 5.82 Å². The number of nitrogens with one attached hydrogen (secondary N) is 1. The highest BCUT2D eigenvalue weighted by Crippen LogP contribution is 2.28. The maximum atomic E-state index is 13.1. The number of rotatable bonds is 7. The third-order valence-electron chi connectivity index (χ3n) is 5.13. The molecule has 1 unspecified atom stereocenters. The van der Waals surface area contributed by atoms with Crippen LogP contribution in [0.2, 0.25) is 0 Å². The number of hydrogen-bond acceptors (Lipinski definition) is 7. The molecule has 1 N–H and O–H groups in total. The van der Waals surface area contributed by atoms with Gasteiger partial charge in [0.1, 0.15) is 12.4 Å². The van der Waals surface area contributed by atoms with Gasteiger partial charge < -0.3 is 24.2 Å². The summed E-state index contributed by atoms with van der Waals surface area (Å²) in [4.78, 5) is 23.1. The van der Waals surface area contributed by atoms with Gasteiger partial charge in [-0.3, -0.25) is 0 Å². The van der Waals surface area contributed by atoms with Crippen LogP contribution in [0.15, 0.2) is 47.1 Å². The van der Waals surface area contributed by atoms with Crippen molar-refractivity contribution in [3.63, 3.8) is 0 Å². The molecule has 1 saturated heterocycles. The topological polar surface area (TPSA) is 103 Å². The predicted octanol–water partition coefficient (Wildman–Crippen LogP) is 3.71. The lowest BCUT2D eigenvalue weighted by molar-refractivity contribution is 0.144. The number of hydrogen-bond donors (Lipinski definition) is 1. The minimum absolute atomic E-state index is 0.0640. The van der Waals surface area contributed by atoms with Gasteiger partial charge in [-0.25, -0.2) is 14.2 Å². The first-order valence-corrected chi connectivity index (χ1v) is 10.4. The first-order valence-electron chi connectivity index (χ1n) is 10.4. The molecule has 0 radical (unpaired) electrons. The average Bonchev–Trinajstić information content (AvgIpc) is 3.31. The zero-order chi connectivity index (χ0) is 22.3. The molecule has 1 fully saturated rings. The second-order valence-corrected chi connectivity index (χ2v) is 7.40. The number of aromatic nitrogens is 3. The molecule has 10 heteroatoms. The van der Waals surface area contributed by atoms with Crippen LogP contribution >= 0.6 is 0 Å². The van der Waals surface area contributed by atoms with Crippen LogP contribution in [-0.2, 0) is 4.74 Å². The van der Waals surface area contributed by atoms with Gasteiger partial charge >= 0.3 is 6.03 Å². The molecule has 9 nitrogen and oxygen atoms in total. The third-order valence-corrected chi connectivity index (χ3v) is 5.13. The summed E-state index contributed by atoms with van der Waals surface area (Å²) in [7, 11) is 1.60. The number of benzene rings is 1. The number of halogens is 1. The molecule has 1 aromatic carbocycles. The van der Waals surface area contributed by atoms with E-state index in [1.165, 1.54) is 12.1 Å². The minimum atomic E-state index is -0.324. The third kappa shape index (κ3) is 5.38. The Labute approximate surface area is 184 Å². The summed E-state index contributed by atoms with van der Waals surface area (Å²) in [6, 6.07) is 9.12. The first-order chi connectivity index (χ1) is 15.6. The van der Waals surface area contributed by atoms with Crippen molar-refractivity contribution in [1.82, 2.24) is 20.0 Å². The monoisotopic (exact) mass is 441 g/mol. The molecular formula is C22H24FN5O4. The molecule has 168 valence electrons. The predicted molar refractivity (Wildman–Crippen MR) is 114 cm³/mol. The molecule has 1 atom stereocenters. The number of ether oxygens (including phenoxy) is 2. The quantitative estimate of drug-likeness (QED) is 0.558. The Bertz CT molecular complexity index is 1030. The van der Waals surface area contributed by atoms with Gasteiger partial charge in [0.2, 0.25) is 17.6 Å². The van der Waals surface area contributed by atoms with Crippen molar-refractivity contribution in [2.45, 2.75) is 18.8 Å². The lowest BCUT2D eigenvalue weighted by Crippen LogP contribution is -2.41. The number of anilines is 1. The largest absolute Gasteiger partial charge is 0.475 e. The van der Waals surface area contributed by atoms with E-state index in [4.69, 9.17) is 14.0 Å². The Balaban J connectivity index is 1.34. The maximum absolute atomic E-state index is 13.1. The van der Waals surface area contributed by atoms with Crippen LogP contribution in [0.25, 0.3) is 11.4 Å². The fraction of sp³-hybridized carbons (Fsp3) is 0.364. The van der Waals surface area contributed by atoms with Gasteiger partial charge in [0.05, 0.1) is 24.4 Å². The molecular weight excluding hydrogens is 417 g/mol. The number of likely N-dealkylation sites (tertiary alicyclic amines) is 1. The molecule has 3 heterocycles. The second kappa shape index (κ2) is 10.2. The first kappa shape index (κ1) is 21.7. The van der Waals surface area contributed by atoms with Gasteiger partial charge in [0.15, 0.2) is 0 Å². The Morgan fingerprint density at radius 3 is 2.84 bits per heavy atom. The van der Waals surface area contributed by atoms with Crippen molar-refractivity contribution in [1.29, 1.82) is 0 Å². The van der Waals surface area contributed by atoms with E-state index in [0.717, 1.165) is 12.8 Å². The number of methoxy groups -OCH3 is 1. The summed E-state index contributed by atoms with van der Waals surface area (Å²) in [5.74, 6) is 0.952. The van der Waals surface area contributed by atoms with E-state index in [1.807, 2.05) is 0 Å². The molecule has 0 aliphatic carbocycles. The SMILES string of the molecule is COCCOc1ccc(NC(=O)N2CCCC(c3nc(-c4ccc(F)cc4)no3)C2)cn1. The van der Waals surface area contributed by atoms with E-state index < -0.39 is 0 Å². The highest BCUT2D eigenvalue weighted by atomic mass is 19.1. The minimum Gasteiger partial charge on any atom is -0.475 e. The van der Waals surface area contributed by atoms with Crippen LogP contribution in [0.5, 0.6) is 5.88 Å². The van der Waals surface area contributed by atoms with E-state index in [1.54, 1.807) is 42.5 Å².